The lowest BCUT2D eigenvalue weighted by atomic mass is 9.98. The van der Waals surface area contributed by atoms with Crippen molar-refractivity contribution in [3.05, 3.63) is 67.1 Å². The molecule has 0 aliphatic heterocycles. The lowest BCUT2D eigenvalue weighted by Gasteiger charge is -2.20. The van der Waals surface area contributed by atoms with Crippen LogP contribution in [0, 0.1) is 11.6 Å². The summed E-state index contributed by atoms with van der Waals surface area (Å²) in [6, 6.07) is 6.88. The van der Waals surface area contributed by atoms with E-state index in [1.54, 1.807) is 12.1 Å². The normalized spacial score (nSPS) is 12.5. The van der Waals surface area contributed by atoms with Crippen LogP contribution in [0.4, 0.5) is 8.78 Å². The van der Waals surface area contributed by atoms with Crippen molar-refractivity contribution in [2.45, 2.75) is 6.04 Å². The maximum atomic E-state index is 14.3. The van der Waals surface area contributed by atoms with Gasteiger partial charge in [0.25, 0.3) is 0 Å². The van der Waals surface area contributed by atoms with Crippen molar-refractivity contribution >= 4 is 43.5 Å². The Morgan fingerprint density at radius 1 is 1.10 bits per heavy atom. The van der Waals surface area contributed by atoms with Crippen LogP contribution in [-0.2, 0) is 0 Å². The molecule has 0 aromatic heterocycles. The van der Waals surface area contributed by atoms with E-state index < -0.39 is 17.7 Å². The molecule has 0 aliphatic carbocycles. The molecule has 0 saturated heterocycles. The summed E-state index contributed by atoms with van der Waals surface area (Å²) in [7, 11) is 0. The molecule has 2 rings (SSSR count). The number of halogens is 5. The van der Waals surface area contributed by atoms with Gasteiger partial charge in [-0.05, 0) is 49.6 Å². The fraction of sp³-hybridized carbons (Fsp3) is 0.0769. The molecule has 0 aliphatic rings. The average Bonchev–Trinajstić information content (AvgIpc) is 2.44. The van der Waals surface area contributed by atoms with E-state index >= 15 is 0 Å². The molecule has 1 unspecified atom stereocenters. The third kappa shape index (κ3) is 2.89. The van der Waals surface area contributed by atoms with Gasteiger partial charge in [-0.25, -0.2) is 14.2 Å². The van der Waals surface area contributed by atoms with Crippen LogP contribution in [0.15, 0.2) is 39.3 Å². The number of nitrogens with two attached hydrogens (primary N) is 1. The van der Waals surface area contributed by atoms with E-state index in [1.165, 1.54) is 18.2 Å². The monoisotopic (exact) mass is 424 g/mol. The molecule has 106 valence electrons. The molecule has 0 fully saturated rings. The molecular weight excluding hydrogens is 417 g/mol. The van der Waals surface area contributed by atoms with E-state index in [9.17, 15) is 8.78 Å². The summed E-state index contributed by atoms with van der Waals surface area (Å²) in [6.45, 7) is 0. The Morgan fingerprint density at radius 3 is 2.45 bits per heavy atom. The second-order valence-electron chi connectivity index (χ2n) is 4.01. The average molecular weight is 426 g/mol. The first kappa shape index (κ1) is 15.9. The number of rotatable bonds is 3. The van der Waals surface area contributed by atoms with Gasteiger partial charge in [0, 0.05) is 10.0 Å². The van der Waals surface area contributed by atoms with E-state index in [0.29, 0.717) is 10.0 Å². The fourth-order valence-electron chi connectivity index (χ4n) is 1.85. The highest BCUT2D eigenvalue weighted by Crippen LogP contribution is 2.35. The van der Waals surface area contributed by atoms with Gasteiger partial charge in [0.1, 0.15) is 11.6 Å². The third-order valence-electron chi connectivity index (χ3n) is 2.84. The lowest BCUT2D eigenvalue weighted by molar-refractivity contribution is 0.553. The van der Waals surface area contributed by atoms with Crippen LogP contribution >= 0.6 is 43.5 Å². The Morgan fingerprint density at radius 2 is 1.80 bits per heavy atom. The Balaban J connectivity index is 2.59. The largest absolute Gasteiger partial charge is 0.271 e. The minimum absolute atomic E-state index is 0.0460. The number of benzene rings is 2. The van der Waals surface area contributed by atoms with Crippen LogP contribution in [0.25, 0.3) is 0 Å². The SMILES string of the molecule is NNC(c1ccc(Br)c(Cl)c1F)c1cccc(F)c1Br. The van der Waals surface area contributed by atoms with Crippen molar-refractivity contribution in [3.8, 4) is 0 Å². The zero-order valence-corrected chi connectivity index (χ0v) is 13.9. The first-order chi connectivity index (χ1) is 9.47. The number of nitrogens with one attached hydrogen (secondary N) is 1. The maximum absolute atomic E-state index is 14.3. The maximum Gasteiger partial charge on any atom is 0.148 e. The summed E-state index contributed by atoms with van der Waals surface area (Å²) in [4.78, 5) is 0. The summed E-state index contributed by atoms with van der Waals surface area (Å²) in [6.07, 6.45) is 0. The zero-order chi connectivity index (χ0) is 14.9. The summed E-state index contributed by atoms with van der Waals surface area (Å²) in [5, 5.41) is -0.0460. The highest BCUT2D eigenvalue weighted by atomic mass is 79.9. The molecule has 0 radical (unpaired) electrons. The van der Waals surface area contributed by atoms with Gasteiger partial charge < -0.3 is 0 Å². The molecule has 0 amide bonds. The summed E-state index contributed by atoms with van der Waals surface area (Å²) in [5.74, 6) is 4.43. The Kier molecular flexibility index (Phi) is 5.14. The van der Waals surface area contributed by atoms with Crippen molar-refractivity contribution in [3.63, 3.8) is 0 Å². The molecule has 0 bridgehead atoms. The van der Waals surface area contributed by atoms with Gasteiger partial charge >= 0.3 is 0 Å². The fourth-order valence-corrected chi connectivity index (χ4v) is 2.83. The predicted molar refractivity (Wildman–Crippen MR) is 82.4 cm³/mol. The van der Waals surface area contributed by atoms with Crippen LogP contribution in [0.2, 0.25) is 5.02 Å². The molecule has 3 N–H and O–H groups in total. The van der Waals surface area contributed by atoms with Gasteiger partial charge in [-0.1, -0.05) is 29.8 Å². The molecule has 20 heavy (non-hydrogen) atoms. The molecule has 2 aromatic carbocycles. The molecule has 1 atom stereocenters. The second kappa shape index (κ2) is 6.49. The minimum atomic E-state index is -0.731. The van der Waals surface area contributed by atoms with Gasteiger partial charge in [0.15, 0.2) is 0 Å². The Hall–Kier alpha value is -0.530. The smallest absolute Gasteiger partial charge is 0.148 e. The number of hydrazine groups is 1. The van der Waals surface area contributed by atoms with Gasteiger partial charge in [-0.15, -0.1) is 0 Å². The molecule has 0 saturated carbocycles. The van der Waals surface area contributed by atoms with E-state index in [0.717, 1.165) is 0 Å². The highest BCUT2D eigenvalue weighted by Gasteiger charge is 2.22. The molecule has 2 aromatic rings. The molecule has 7 heteroatoms. The van der Waals surface area contributed by atoms with E-state index in [2.05, 4.69) is 37.3 Å². The Bertz CT molecular complexity index is 653. The molecule has 0 heterocycles. The van der Waals surface area contributed by atoms with Crippen molar-refractivity contribution in [1.82, 2.24) is 5.43 Å². The van der Waals surface area contributed by atoms with Crippen LogP contribution in [-0.4, -0.2) is 0 Å². The summed E-state index contributed by atoms with van der Waals surface area (Å²) in [5.41, 5.74) is 3.18. The highest BCUT2D eigenvalue weighted by molar-refractivity contribution is 9.10. The molecular formula is C13H9Br2ClF2N2. The van der Waals surface area contributed by atoms with Gasteiger partial charge in [0.05, 0.1) is 15.5 Å². The number of hydrogen-bond acceptors (Lipinski definition) is 2. The van der Waals surface area contributed by atoms with E-state index in [1.807, 2.05) is 0 Å². The van der Waals surface area contributed by atoms with Crippen molar-refractivity contribution in [2.24, 2.45) is 5.84 Å². The zero-order valence-electron chi connectivity index (χ0n) is 9.93. The van der Waals surface area contributed by atoms with Crippen LogP contribution in [0.1, 0.15) is 17.2 Å². The van der Waals surface area contributed by atoms with Crippen LogP contribution < -0.4 is 11.3 Å². The van der Waals surface area contributed by atoms with Crippen molar-refractivity contribution in [2.75, 3.05) is 0 Å². The topological polar surface area (TPSA) is 38.0 Å². The Labute approximate surface area is 136 Å². The summed E-state index contributed by atoms with van der Waals surface area (Å²) >= 11 is 12.1. The van der Waals surface area contributed by atoms with Crippen molar-refractivity contribution in [1.29, 1.82) is 0 Å². The van der Waals surface area contributed by atoms with Crippen LogP contribution in [0.5, 0.6) is 0 Å². The lowest BCUT2D eigenvalue weighted by Crippen LogP contribution is -2.30. The summed E-state index contributed by atoms with van der Waals surface area (Å²) < 4.78 is 28.5. The minimum Gasteiger partial charge on any atom is -0.271 e. The van der Waals surface area contributed by atoms with Crippen molar-refractivity contribution < 1.29 is 8.78 Å². The van der Waals surface area contributed by atoms with E-state index in [4.69, 9.17) is 17.4 Å². The number of hydrogen-bond donors (Lipinski definition) is 2. The molecule has 0 spiro atoms. The standard InChI is InChI=1S/C13H9Br2ClF2N2/c14-8-5-4-7(12(18)11(8)16)13(20-19)6-2-1-3-9(17)10(6)15/h1-5,13,20H,19H2. The predicted octanol–water partition coefficient (Wildman–Crippen LogP) is 4.70. The first-order valence-electron chi connectivity index (χ1n) is 5.50. The first-order valence-corrected chi connectivity index (χ1v) is 7.47. The van der Waals surface area contributed by atoms with Crippen LogP contribution in [0.3, 0.4) is 0 Å². The van der Waals surface area contributed by atoms with E-state index in [-0.39, 0.29) is 15.1 Å². The van der Waals surface area contributed by atoms with Gasteiger partial charge in [0.2, 0.25) is 0 Å². The third-order valence-corrected chi connectivity index (χ3v) is 4.93. The quantitative estimate of drug-likeness (QED) is 0.424. The van der Waals surface area contributed by atoms with Gasteiger partial charge in [-0.2, -0.15) is 0 Å². The molecule has 2 nitrogen and oxygen atoms in total. The van der Waals surface area contributed by atoms with Gasteiger partial charge in [-0.3, -0.25) is 5.84 Å². The second-order valence-corrected chi connectivity index (χ2v) is 6.03.